The van der Waals surface area contributed by atoms with E-state index < -0.39 is 0 Å². The highest BCUT2D eigenvalue weighted by atomic mass is 14.2. The molecule has 0 N–H and O–H groups in total. The molecule has 0 amide bonds. The third-order valence-electron chi connectivity index (χ3n) is 2.78. The van der Waals surface area contributed by atoms with E-state index in [9.17, 15) is 0 Å². The summed E-state index contributed by atoms with van der Waals surface area (Å²) in [7, 11) is 0. The normalized spacial score (nSPS) is 21.9. The van der Waals surface area contributed by atoms with Crippen LogP contribution in [-0.4, -0.2) is 0 Å². The van der Waals surface area contributed by atoms with Crippen molar-refractivity contribution >= 4 is 0 Å². The van der Waals surface area contributed by atoms with Gasteiger partial charge in [0.1, 0.15) is 0 Å². The topological polar surface area (TPSA) is 0 Å². The summed E-state index contributed by atoms with van der Waals surface area (Å²) in [6.07, 6.45) is 16.8. The molecule has 0 saturated heterocycles. The van der Waals surface area contributed by atoms with E-state index in [1.165, 1.54) is 5.57 Å². The summed E-state index contributed by atoms with van der Waals surface area (Å²) in [4.78, 5) is 0. The van der Waals surface area contributed by atoms with Gasteiger partial charge in [-0.25, -0.2) is 0 Å². The van der Waals surface area contributed by atoms with E-state index in [1.54, 1.807) is 0 Å². The van der Waals surface area contributed by atoms with Gasteiger partial charge in [-0.05, 0) is 17.9 Å². The van der Waals surface area contributed by atoms with Gasteiger partial charge in [-0.1, -0.05) is 70.2 Å². The molecule has 1 aliphatic carbocycles. The molecule has 1 unspecified atom stereocenters. The molecule has 0 spiro atoms. The van der Waals surface area contributed by atoms with Crippen molar-refractivity contribution in [3.05, 3.63) is 48.1 Å². The Morgan fingerprint density at radius 1 is 1.33 bits per heavy atom. The van der Waals surface area contributed by atoms with Crippen LogP contribution in [0.4, 0.5) is 0 Å². The summed E-state index contributed by atoms with van der Waals surface area (Å²) in [5, 5.41) is 0. The van der Waals surface area contributed by atoms with Gasteiger partial charge in [0.25, 0.3) is 0 Å². The molecule has 0 radical (unpaired) electrons. The Balaban J connectivity index is 2.88. The smallest absolute Gasteiger partial charge is 0.00751 e. The quantitative estimate of drug-likeness (QED) is 0.583. The van der Waals surface area contributed by atoms with E-state index in [0.717, 1.165) is 6.42 Å². The van der Waals surface area contributed by atoms with E-state index in [-0.39, 0.29) is 5.41 Å². The first kappa shape index (κ1) is 12.0. The third kappa shape index (κ3) is 3.54. The summed E-state index contributed by atoms with van der Waals surface area (Å²) in [5.41, 5.74) is 1.52. The largest absolute Gasteiger partial charge is 0.0879 e. The minimum atomic E-state index is 0.140. The number of rotatable bonds is 3. The molecule has 82 valence electrons. The lowest BCUT2D eigenvalue weighted by molar-refractivity contribution is 0.593. The average Bonchev–Trinajstić information content (AvgIpc) is 2.40. The number of hydrogen-bond acceptors (Lipinski definition) is 0. The van der Waals surface area contributed by atoms with Crippen molar-refractivity contribution in [1.29, 1.82) is 0 Å². The van der Waals surface area contributed by atoms with E-state index >= 15 is 0 Å². The Hall–Kier alpha value is -1.04. The minimum Gasteiger partial charge on any atom is -0.0879 e. The first-order valence-electron chi connectivity index (χ1n) is 5.81. The Morgan fingerprint density at radius 2 is 2.07 bits per heavy atom. The second kappa shape index (κ2) is 5.16. The Kier molecular flexibility index (Phi) is 4.14. The molecular formula is C15H22. The van der Waals surface area contributed by atoms with Crippen LogP contribution in [0.3, 0.4) is 0 Å². The van der Waals surface area contributed by atoms with E-state index in [1.807, 2.05) is 0 Å². The molecule has 0 aliphatic heterocycles. The van der Waals surface area contributed by atoms with Crippen LogP contribution in [-0.2, 0) is 0 Å². The molecule has 0 heteroatoms. The lowest BCUT2D eigenvalue weighted by atomic mass is 9.83. The lowest BCUT2D eigenvalue weighted by Gasteiger charge is -2.21. The van der Waals surface area contributed by atoms with Gasteiger partial charge in [0.15, 0.2) is 0 Å². The number of hydrogen-bond donors (Lipinski definition) is 0. The average molecular weight is 202 g/mol. The SMILES string of the molecule is CC/C=C/C(C)(C)C1=CC=CC(C)C=C1. The zero-order valence-corrected chi connectivity index (χ0v) is 10.3. The van der Waals surface area contributed by atoms with Crippen LogP contribution in [0, 0.1) is 11.3 Å². The Labute approximate surface area is 94.1 Å². The fourth-order valence-electron chi connectivity index (χ4n) is 1.65. The molecule has 1 aliphatic rings. The first-order chi connectivity index (χ1) is 7.06. The highest BCUT2D eigenvalue weighted by molar-refractivity contribution is 5.35. The second-order valence-corrected chi connectivity index (χ2v) is 4.76. The minimum absolute atomic E-state index is 0.140. The lowest BCUT2D eigenvalue weighted by Crippen LogP contribution is -2.09. The fraction of sp³-hybridized carbons (Fsp3) is 0.467. The van der Waals surface area contributed by atoms with Crippen molar-refractivity contribution in [2.24, 2.45) is 11.3 Å². The molecule has 0 heterocycles. The molecule has 1 atom stereocenters. The standard InChI is InChI=1S/C15H22/c1-5-6-12-15(3,4)14-9-7-8-13(2)10-11-14/h6-13H,5H2,1-4H3/b12-6+. The van der Waals surface area contributed by atoms with Crippen LogP contribution in [0.5, 0.6) is 0 Å². The van der Waals surface area contributed by atoms with Gasteiger partial charge in [0.2, 0.25) is 0 Å². The van der Waals surface area contributed by atoms with Gasteiger partial charge >= 0.3 is 0 Å². The zero-order valence-electron chi connectivity index (χ0n) is 10.3. The molecule has 0 aromatic rings. The predicted octanol–water partition coefficient (Wildman–Crippen LogP) is 4.67. The van der Waals surface area contributed by atoms with Crippen molar-refractivity contribution in [2.75, 3.05) is 0 Å². The van der Waals surface area contributed by atoms with Crippen molar-refractivity contribution in [1.82, 2.24) is 0 Å². The summed E-state index contributed by atoms with van der Waals surface area (Å²) >= 11 is 0. The summed E-state index contributed by atoms with van der Waals surface area (Å²) in [5.74, 6) is 0.546. The van der Waals surface area contributed by atoms with Crippen LogP contribution >= 0.6 is 0 Å². The van der Waals surface area contributed by atoms with Gasteiger partial charge in [-0.15, -0.1) is 0 Å². The van der Waals surface area contributed by atoms with Crippen LogP contribution in [0.25, 0.3) is 0 Å². The molecule has 1 rings (SSSR count). The van der Waals surface area contributed by atoms with Gasteiger partial charge in [-0.2, -0.15) is 0 Å². The van der Waals surface area contributed by atoms with Gasteiger partial charge in [0, 0.05) is 5.41 Å². The van der Waals surface area contributed by atoms with Gasteiger partial charge in [-0.3, -0.25) is 0 Å². The third-order valence-corrected chi connectivity index (χ3v) is 2.78. The number of allylic oxidation sites excluding steroid dienone is 8. The van der Waals surface area contributed by atoms with Crippen molar-refractivity contribution in [2.45, 2.75) is 34.1 Å². The second-order valence-electron chi connectivity index (χ2n) is 4.76. The van der Waals surface area contributed by atoms with E-state index in [4.69, 9.17) is 0 Å². The summed E-state index contributed by atoms with van der Waals surface area (Å²) < 4.78 is 0. The van der Waals surface area contributed by atoms with Crippen LogP contribution in [0.1, 0.15) is 34.1 Å². The molecule has 0 bridgehead atoms. The molecular weight excluding hydrogens is 180 g/mol. The zero-order chi connectivity index (χ0) is 11.3. The molecule has 15 heavy (non-hydrogen) atoms. The highest BCUT2D eigenvalue weighted by Crippen LogP contribution is 2.30. The Bertz CT molecular complexity index is 311. The van der Waals surface area contributed by atoms with Crippen molar-refractivity contribution < 1.29 is 0 Å². The van der Waals surface area contributed by atoms with Gasteiger partial charge in [0.05, 0.1) is 0 Å². The molecule has 0 aromatic carbocycles. The van der Waals surface area contributed by atoms with E-state index in [2.05, 4.69) is 70.2 Å². The maximum atomic E-state index is 2.30. The summed E-state index contributed by atoms with van der Waals surface area (Å²) in [6.45, 7) is 8.91. The van der Waals surface area contributed by atoms with E-state index in [0.29, 0.717) is 5.92 Å². The maximum absolute atomic E-state index is 2.30. The molecule has 0 aromatic heterocycles. The highest BCUT2D eigenvalue weighted by Gasteiger charge is 2.17. The van der Waals surface area contributed by atoms with Crippen molar-refractivity contribution in [3.8, 4) is 0 Å². The fourth-order valence-corrected chi connectivity index (χ4v) is 1.65. The predicted molar refractivity (Wildman–Crippen MR) is 68.7 cm³/mol. The van der Waals surface area contributed by atoms with Crippen LogP contribution in [0.2, 0.25) is 0 Å². The van der Waals surface area contributed by atoms with Crippen LogP contribution < -0.4 is 0 Å². The van der Waals surface area contributed by atoms with Crippen molar-refractivity contribution in [3.63, 3.8) is 0 Å². The molecule has 0 saturated carbocycles. The van der Waals surface area contributed by atoms with Crippen LogP contribution in [0.15, 0.2) is 48.1 Å². The molecule has 0 fully saturated rings. The Morgan fingerprint density at radius 3 is 2.73 bits per heavy atom. The monoisotopic (exact) mass is 202 g/mol. The van der Waals surface area contributed by atoms with Gasteiger partial charge < -0.3 is 0 Å². The molecule has 0 nitrogen and oxygen atoms in total. The summed E-state index contributed by atoms with van der Waals surface area (Å²) in [6, 6.07) is 0. The first-order valence-corrected chi connectivity index (χ1v) is 5.81. The maximum Gasteiger partial charge on any atom is 0.00751 e.